The second kappa shape index (κ2) is 10.4. The van der Waals surface area contributed by atoms with Gasteiger partial charge < -0.3 is 16.8 Å². The molecule has 1 aromatic heterocycles. The Balaban J connectivity index is 1.71. The molecule has 8 nitrogen and oxygen atoms in total. The number of amidine groups is 1. The zero-order chi connectivity index (χ0) is 25.1. The van der Waals surface area contributed by atoms with Gasteiger partial charge in [0, 0.05) is 17.7 Å². The Morgan fingerprint density at radius 2 is 2.09 bits per heavy atom. The largest absolute Gasteiger partial charge is 0.382 e. The van der Waals surface area contributed by atoms with Crippen molar-refractivity contribution in [1.82, 2.24) is 15.1 Å². The highest BCUT2D eigenvalue weighted by atomic mass is 31.0. The summed E-state index contributed by atoms with van der Waals surface area (Å²) in [5, 5.41) is 8.56. The van der Waals surface area contributed by atoms with E-state index in [9.17, 15) is 13.6 Å². The van der Waals surface area contributed by atoms with Crippen molar-refractivity contribution >= 4 is 37.8 Å². The summed E-state index contributed by atoms with van der Waals surface area (Å²) in [6, 6.07) is 4.14. The van der Waals surface area contributed by atoms with Crippen LogP contribution in [0.15, 0.2) is 75.4 Å². The van der Waals surface area contributed by atoms with Gasteiger partial charge in [0.2, 0.25) is 11.9 Å². The molecule has 35 heavy (non-hydrogen) atoms. The number of benzene rings is 1. The standard InChI is InChI=1S/C24H26F2N7OP/c1-13(30-23(34)14-2-3-14)22(28)31-24(29-12-27)33-21-9-5-16(25)11-18(21)20(32-33)10-15-4-6-17(35)7-8-19(15)26/h5-9,11,14H,1-4,10,12,27,35H2,(H,30,34)(H2,28,29,31). The Morgan fingerprint density at radius 3 is 2.80 bits per heavy atom. The molecule has 1 aromatic carbocycles. The molecule has 1 atom stereocenters. The van der Waals surface area contributed by atoms with Crippen molar-refractivity contribution in [2.24, 2.45) is 27.4 Å². The van der Waals surface area contributed by atoms with E-state index in [0.29, 0.717) is 28.6 Å². The number of hydrogen-bond acceptors (Lipinski definition) is 4. The van der Waals surface area contributed by atoms with Crippen LogP contribution >= 0.6 is 9.24 Å². The van der Waals surface area contributed by atoms with Gasteiger partial charge in [0.1, 0.15) is 11.6 Å². The van der Waals surface area contributed by atoms with Crippen LogP contribution in [0.1, 0.15) is 25.0 Å². The third-order valence-corrected chi connectivity index (χ3v) is 6.05. The van der Waals surface area contributed by atoms with Gasteiger partial charge in [-0.05, 0) is 54.4 Å². The average Bonchev–Trinajstić information content (AvgIpc) is 3.63. The summed E-state index contributed by atoms with van der Waals surface area (Å²) in [4.78, 5) is 20.5. The second-order valence-corrected chi connectivity index (χ2v) is 8.94. The Hall–Kier alpha value is -3.49. The lowest BCUT2D eigenvalue weighted by Gasteiger charge is -2.09. The van der Waals surface area contributed by atoms with Gasteiger partial charge in [-0.1, -0.05) is 18.7 Å². The molecule has 0 saturated heterocycles. The number of allylic oxidation sites excluding steroid dienone is 6. The van der Waals surface area contributed by atoms with E-state index in [1.54, 1.807) is 6.08 Å². The van der Waals surface area contributed by atoms with Gasteiger partial charge in [0.25, 0.3) is 0 Å². The summed E-state index contributed by atoms with van der Waals surface area (Å²) >= 11 is 0. The molecule has 2 aliphatic rings. The molecule has 2 aromatic rings. The van der Waals surface area contributed by atoms with Crippen LogP contribution in [-0.2, 0) is 11.2 Å². The summed E-state index contributed by atoms with van der Waals surface area (Å²) < 4.78 is 30.2. The van der Waals surface area contributed by atoms with Crippen LogP contribution in [0.5, 0.6) is 0 Å². The van der Waals surface area contributed by atoms with Crippen molar-refractivity contribution in [2.45, 2.75) is 25.7 Å². The minimum Gasteiger partial charge on any atom is -0.382 e. The first-order valence-electron chi connectivity index (χ1n) is 11.0. The number of nitrogens with one attached hydrogen (secondary N) is 1. The lowest BCUT2D eigenvalue weighted by Crippen LogP contribution is -2.33. The predicted octanol–water partition coefficient (Wildman–Crippen LogP) is 3.18. The summed E-state index contributed by atoms with van der Waals surface area (Å²) in [5.41, 5.74) is 13.3. The van der Waals surface area contributed by atoms with E-state index >= 15 is 0 Å². The van der Waals surface area contributed by atoms with Gasteiger partial charge >= 0.3 is 0 Å². The van der Waals surface area contributed by atoms with E-state index < -0.39 is 5.82 Å². The molecular formula is C24H26F2N7OP. The molecule has 1 amide bonds. The highest BCUT2D eigenvalue weighted by Gasteiger charge is 2.30. The summed E-state index contributed by atoms with van der Waals surface area (Å²) in [7, 11) is 2.54. The molecular weight excluding hydrogens is 471 g/mol. The molecule has 1 unspecified atom stereocenters. The fourth-order valence-corrected chi connectivity index (χ4v) is 3.77. The van der Waals surface area contributed by atoms with Crippen LogP contribution in [0, 0.1) is 11.7 Å². The second-order valence-electron chi connectivity index (χ2n) is 8.27. The number of aromatic nitrogens is 2. The van der Waals surface area contributed by atoms with Crippen molar-refractivity contribution in [2.75, 3.05) is 6.67 Å². The van der Waals surface area contributed by atoms with Crippen LogP contribution in [-0.4, -0.2) is 34.2 Å². The number of carbonyl (C=O) groups is 1. The van der Waals surface area contributed by atoms with Crippen molar-refractivity contribution < 1.29 is 13.6 Å². The molecule has 182 valence electrons. The lowest BCUT2D eigenvalue weighted by molar-refractivity contribution is -0.121. The number of carbonyl (C=O) groups excluding carboxylic acids is 1. The number of halogens is 2. The number of fused-ring (bicyclic) bond motifs is 1. The van der Waals surface area contributed by atoms with E-state index in [0.717, 1.165) is 18.2 Å². The Kier molecular flexibility index (Phi) is 7.33. The van der Waals surface area contributed by atoms with Crippen molar-refractivity contribution in [3.05, 3.63) is 76.9 Å². The van der Waals surface area contributed by atoms with E-state index in [-0.39, 0.29) is 48.2 Å². The van der Waals surface area contributed by atoms with Crippen molar-refractivity contribution in [1.29, 1.82) is 0 Å². The van der Waals surface area contributed by atoms with Crippen LogP contribution < -0.4 is 16.8 Å². The first-order chi connectivity index (χ1) is 16.8. The zero-order valence-corrected chi connectivity index (χ0v) is 20.1. The third kappa shape index (κ3) is 5.78. The third-order valence-electron chi connectivity index (χ3n) is 5.62. The number of nitrogens with zero attached hydrogens (tertiary/aromatic N) is 4. The number of nitrogens with two attached hydrogens (primary N) is 2. The highest BCUT2D eigenvalue weighted by Crippen LogP contribution is 2.29. The average molecular weight is 497 g/mol. The van der Waals surface area contributed by atoms with Gasteiger partial charge in [0.15, 0.2) is 5.84 Å². The Bertz CT molecular complexity index is 1350. The molecule has 0 bridgehead atoms. The van der Waals surface area contributed by atoms with Crippen molar-refractivity contribution in [3.8, 4) is 0 Å². The van der Waals surface area contributed by atoms with Gasteiger partial charge in [0.05, 0.1) is 23.6 Å². The highest BCUT2D eigenvalue weighted by molar-refractivity contribution is 7.22. The van der Waals surface area contributed by atoms with Gasteiger partial charge in [-0.2, -0.15) is 14.8 Å². The van der Waals surface area contributed by atoms with Crippen LogP contribution in [0.4, 0.5) is 8.78 Å². The van der Waals surface area contributed by atoms with E-state index in [4.69, 9.17) is 11.5 Å². The number of hydrogen-bond donors (Lipinski definition) is 3. The topological polar surface area (TPSA) is 124 Å². The molecule has 0 radical (unpaired) electrons. The van der Waals surface area contributed by atoms with Gasteiger partial charge in [-0.25, -0.2) is 13.8 Å². The smallest absolute Gasteiger partial charge is 0.249 e. The molecule has 0 spiro atoms. The Labute approximate surface area is 203 Å². The SMILES string of the molecule is C=C(NC(=O)C1CC1)/C(N)=N\C(=N/CN)n1nc(CC2=C(F)C=CC(P)=CC2)c2cc(F)ccc21. The minimum absolute atomic E-state index is 0.0250. The number of amides is 1. The minimum atomic E-state index is -0.461. The first kappa shape index (κ1) is 24.6. The van der Waals surface area contributed by atoms with E-state index in [1.807, 2.05) is 6.08 Å². The molecule has 11 heteroatoms. The van der Waals surface area contributed by atoms with Crippen LogP contribution in [0.2, 0.25) is 0 Å². The van der Waals surface area contributed by atoms with Crippen LogP contribution in [0.3, 0.4) is 0 Å². The monoisotopic (exact) mass is 497 g/mol. The maximum atomic E-state index is 14.7. The summed E-state index contributed by atoms with van der Waals surface area (Å²) in [6.07, 6.45) is 7.14. The number of rotatable bonds is 6. The van der Waals surface area contributed by atoms with Gasteiger partial charge in [-0.3, -0.25) is 4.79 Å². The van der Waals surface area contributed by atoms with E-state index in [2.05, 4.69) is 36.2 Å². The maximum absolute atomic E-state index is 14.7. The summed E-state index contributed by atoms with van der Waals surface area (Å²) in [6.45, 7) is 3.65. The Morgan fingerprint density at radius 1 is 1.31 bits per heavy atom. The molecule has 2 aliphatic carbocycles. The molecule has 1 fully saturated rings. The molecule has 4 rings (SSSR count). The maximum Gasteiger partial charge on any atom is 0.249 e. The van der Waals surface area contributed by atoms with Gasteiger partial charge in [-0.15, -0.1) is 9.24 Å². The van der Waals surface area contributed by atoms with Crippen LogP contribution in [0.25, 0.3) is 10.9 Å². The zero-order valence-electron chi connectivity index (χ0n) is 19.0. The predicted molar refractivity (Wildman–Crippen MR) is 137 cm³/mol. The number of aliphatic imine (C=N–C) groups is 2. The fourth-order valence-electron chi connectivity index (χ4n) is 3.56. The normalized spacial score (nSPS) is 17.0. The first-order valence-corrected chi connectivity index (χ1v) is 11.6. The van der Waals surface area contributed by atoms with Crippen molar-refractivity contribution in [3.63, 3.8) is 0 Å². The molecule has 1 saturated carbocycles. The van der Waals surface area contributed by atoms with E-state index in [1.165, 1.54) is 29.0 Å². The molecule has 1 heterocycles. The lowest BCUT2D eigenvalue weighted by atomic mass is 10.0. The molecule has 0 aliphatic heterocycles. The molecule has 5 N–H and O–H groups in total. The quantitative estimate of drug-likeness (QED) is 0.322. The fraction of sp³-hybridized carbons (Fsp3) is 0.250. The summed E-state index contributed by atoms with van der Waals surface area (Å²) in [5.74, 6) is -1.06.